The number of rotatable bonds is 3. The monoisotopic (exact) mass is 280 g/mol. The van der Waals surface area contributed by atoms with E-state index in [4.69, 9.17) is 16.7 Å². The highest BCUT2D eigenvalue weighted by Crippen LogP contribution is 2.24. The van der Waals surface area contributed by atoms with Crippen LogP contribution in [0.2, 0.25) is 5.02 Å². The number of aromatic nitrogens is 2. The van der Waals surface area contributed by atoms with Crippen molar-refractivity contribution in [3.8, 4) is 0 Å². The summed E-state index contributed by atoms with van der Waals surface area (Å²) >= 11 is 5.78. The molecule has 0 saturated heterocycles. The number of anilines is 2. The van der Waals surface area contributed by atoms with E-state index in [-0.39, 0.29) is 16.3 Å². The van der Waals surface area contributed by atoms with Gasteiger partial charge in [-0.25, -0.2) is 9.59 Å². The van der Waals surface area contributed by atoms with Gasteiger partial charge in [0.1, 0.15) is 5.56 Å². The first kappa shape index (κ1) is 12.9. The van der Waals surface area contributed by atoms with Crippen LogP contribution in [0.5, 0.6) is 0 Å². The Bertz CT molecular complexity index is 612. The van der Waals surface area contributed by atoms with E-state index in [1.165, 1.54) is 24.5 Å². The van der Waals surface area contributed by atoms with E-state index < -0.39 is 12.0 Å². The van der Waals surface area contributed by atoms with Crippen molar-refractivity contribution in [3.63, 3.8) is 0 Å². The second-order valence-corrected chi connectivity index (χ2v) is 3.94. The molecule has 1 aromatic heterocycles. The Labute approximate surface area is 112 Å². The minimum absolute atomic E-state index is 0.0496. The molecule has 2 rings (SSSR count). The van der Waals surface area contributed by atoms with Crippen LogP contribution < -0.4 is 10.6 Å². The third-order valence-electron chi connectivity index (χ3n) is 2.23. The van der Waals surface area contributed by atoms with Gasteiger partial charge in [-0.1, -0.05) is 17.7 Å². The lowest BCUT2D eigenvalue weighted by atomic mass is 10.2. The number of carbonyl (C=O) groups excluding carboxylic acids is 1. The van der Waals surface area contributed by atoms with Crippen LogP contribution >= 0.6 is 11.6 Å². The van der Waals surface area contributed by atoms with E-state index in [9.17, 15) is 9.59 Å². The molecule has 0 aliphatic carbocycles. The first-order valence-corrected chi connectivity index (χ1v) is 5.54. The Hall–Kier alpha value is -2.54. The second-order valence-electron chi connectivity index (χ2n) is 3.53. The van der Waals surface area contributed by atoms with Crippen molar-refractivity contribution in [1.82, 2.24) is 10.2 Å². The van der Waals surface area contributed by atoms with Crippen molar-refractivity contribution in [2.75, 3.05) is 10.6 Å². The summed E-state index contributed by atoms with van der Waals surface area (Å²) in [5, 5.41) is 20.2. The number of aromatic amines is 1. The highest BCUT2D eigenvalue weighted by molar-refractivity contribution is 6.34. The molecule has 19 heavy (non-hydrogen) atoms. The summed E-state index contributed by atoms with van der Waals surface area (Å²) in [5.74, 6) is -1.22. The van der Waals surface area contributed by atoms with E-state index in [1.807, 2.05) is 0 Å². The van der Waals surface area contributed by atoms with Crippen molar-refractivity contribution in [2.24, 2.45) is 0 Å². The van der Waals surface area contributed by atoms with Crippen LogP contribution in [0.25, 0.3) is 0 Å². The number of urea groups is 1. The first-order chi connectivity index (χ1) is 9.08. The normalized spacial score (nSPS) is 9.95. The summed E-state index contributed by atoms with van der Waals surface area (Å²) in [6.07, 6.45) is 2.89. The third-order valence-corrected chi connectivity index (χ3v) is 2.55. The zero-order valence-electron chi connectivity index (χ0n) is 9.48. The number of amides is 2. The number of benzene rings is 1. The molecule has 1 heterocycles. The third kappa shape index (κ3) is 3.02. The molecule has 1 aromatic carbocycles. The Kier molecular flexibility index (Phi) is 3.67. The zero-order chi connectivity index (χ0) is 13.8. The summed E-state index contributed by atoms with van der Waals surface area (Å²) in [6.45, 7) is 0. The van der Waals surface area contributed by atoms with Crippen LogP contribution in [0.4, 0.5) is 16.2 Å². The molecular weight excluding hydrogens is 272 g/mol. The number of hydrogen-bond acceptors (Lipinski definition) is 3. The Morgan fingerprint density at radius 2 is 2.11 bits per heavy atom. The molecule has 0 atom stereocenters. The fourth-order valence-corrected chi connectivity index (χ4v) is 1.70. The van der Waals surface area contributed by atoms with E-state index in [0.717, 1.165) is 0 Å². The van der Waals surface area contributed by atoms with Crippen molar-refractivity contribution in [1.29, 1.82) is 0 Å². The number of carboxylic acids is 1. The van der Waals surface area contributed by atoms with Gasteiger partial charge in [0.25, 0.3) is 0 Å². The van der Waals surface area contributed by atoms with Crippen LogP contribution in [0.15, 0.2) is 30.6 Å². The maximum atomic E-state index is 11.7. The van der Waals surface area contributed by atoms with Crippen LogP contribution in [0.1, 0.15) is 10.4 Å². The smallest absolute Gasteiger partial charge is 0.339 e. The molecule has 0 bridgehead atoms. The highest BCUT2D eigenvalue weighted by atomic mass is 35.5. The molecule has 0 aliphatic rings. The van der Waals surface area contributed by atoms with Gasteiger partial charge in [-0.2, -0.15) is 5.10 Å². The van der Waals surface area contributed by atoms with Crippen molar-refractivity contribution < 1.29 is 14.7 Å². The van der Waals surface area contributed by atoms with Gasteiger partial charge in [-0.3, -0.25) is 5.10 Å². The van der Waals surface area contributed by atoms with Gasteiger partial charge in [0.2, 0.25) is 0 Å². The molecule has 0 saturated carbocycles. The molecule has 0 spiro atoms. The van der Waals surface area contributed by atoms with Gasteiger partial charge in [-0.05, 0) is 12.1 Å². The van der Waals surface area contributed by atoms with Gasteiger partial charge in [0, 0.05) is 6.20 Å². The number of hydrogen-bond donors (Lipinski definition) is 4. The molecule has 0 radical (unpaired) electrons. The number of H-pyrrole nitrogens is 1. The van der Waals surface area contributed by atoms with Gasteiger partial charge < -0.3 is 15.7 Å². The van der Waals surface area contributed by atoms with Crippen LogP contribution in [0.3, 0.4) is 0 Å². The average molecular weight is 281 g/mol. The molecular formula is C11H9ClN4O3. The van der Waals surface area contributed by atoms with Crippen molar-refractivity contribution in [3.05, 3.63) is 41.2 Å². The van der Waals surface area contributed by atoms with Crippen molar-refractivity contribution >= 4 is 35.0 Å². The summed E-state index contributed by atoms with van der Waals surface area (Å²) in [7, 11) is 0. The van der Waals surface area contributed by atoms with Gasteiger partial charge in [0.05, 0.1) is 22.6 Å². The van der Waals surface area contributed by atoms with Crippen molar-refractivity contribution in [2.45, 2.75) is 0 Å². The molecule has 0 aliphatic heterocycles. The van der Waals surface area contributed by atoms with Gasteiger partial charge in [-0.15, -0.1) is 0 Å². The SMILES string of the molecule is O=C(Nc1cn[nH]c1)Nc1cccc(Cl)c1C(=O)O. The fourth-order valence-electron chi connectivity index (χ4n) is 1.45. The Morgan fingerprint density at radius 3 is 2.74 bits per heavy atom. The first-order valence-electron chi connectivity index (χ1n) is 5.16. The summed E-state index contributed by atoms with van der Waals surface area (Å²) in [6, 6.07) is 3.84. The number of halogens is 1. The van der Waals surface area contributed by atoms with Crippen LogP contribution in [-0.4, -0.2) is 27.3 Å². The van der Waals surface area contributed by atoms with E-state index in [0.29, 0.717) is 5.69 Å². The average Bonchev–Trinajstić information content (AvgIpc) is 2.81. The molecule has 0 fully saturated rings. The van der Waals surface area contributed by atoms with Gasteiger partial charge >= 0.3 is 12.0 Å². The molecule has 4 N–H and O–H groups in total. The van der Waals surface area contributed by atoms with E-state index in [1.54, 1.807) is 6.07 Å². The molecule has 8 heteroatoms. The molecule has 2 aromatic rings. The molecule has 7 nitrogen and oxygen atoms in total. The molecule has 98 valence electrons. The minimum Gasteiger partial charge on any atom is -0.478 e. The number of nitrogens with one attached hydrogen (secondary N) is 3. The maximum Gasteiger partial charge on any atom is 0.339 e. The quantitative estimate of drug-likeness (QED) is 0.692. The second kappa shape index (κ2) is 5.40. The summed E-state index contributed by atoms with van der Waals surface area (Å²) in [4.78, 5) is 22.7. The van der Waals surface area contributed by atoms with Crippen LogP contribution in [-0.2, 0) is 0 Å². The summed E-state index contributed by atoms with van der Waals surface area (Å²) < 4.78 is 0. The fraction of sp³-hybridized carbons (Fsp3) is 0. The lowest BCUT2D eigenvalue weighted by molar-refractivity contribution is 0.0698. The largest absolute Gasteiger partial charge is 0.478 e. The number of carboxylic acid groups (broad SMARTS) is 1. The maximum absolute atomic E-state index is 11.7. The lowest BCUT2D eigenvalue weighted by Gasteiger charge is -2.09. The Balaban J connectivity index is 2.17. The lowest BCUT2D eigenvalue weighted by Crippen LogP contribution is -2.20. The number of aromatic carboxylic acids is 1. The molecule has 0 unspecified atom stereocenters. The molecule has 2 amide bonds. The summed E-state index contributed by atoms with van der Waals surface area (Å²) in [5.41, 5.74) is 0.406. The predicted molar refractivity (Wildman–Crippen MR) is 69.6 cm³/mol. The predicted octanol–water partition coefficient (Wildman–Crippen LogP) is 2.41. The van der Waals surface area contributed by atoms with Crippen LogP contribution in [0, 0.1) is 0 Å². The van der Waals surface area contributed by atoms with E-state index >= 15 is 0 Å². The highest BCUT2D eigenvalue weighted by Gasteiger charge is 2.16. The number of nitrogens with zero attached hydrogens (tertiary/aromatic N) is 1. The zero-order valence-corrected chi connectivity index (χ0v) is 10.2. The topological polar surface area (TPSA) is 107 Å². The number of carbonyl (C=O) groups is 2. The Morgan fingerprint density at radius 1 is 1.32 bits per heavy atom. The van der Waals surface area contributed by atoms with E-state index in [2.05, 4.69) is 20.8 Å². The standard InChI is InChI=1S/C11H9ClN4O3/c12-7-2-1-3-8(9(7)10(17)18)16-11(19)15-6-4-13-14-5-6/h1-5H,(H,13,14)(H,17,18)(H2,15,16,19). The van der Waals surface area contributed by atoms with Gasteiger partial charge in [0.15, 0.2) is 0 Å². The minimum atomic E-state index is -1.22.